The van der Waals surface area contributed by atoms with E-state index in [1.54, 1.807) is 24.3 Å². The van der Waals surface area contributed by atoms with E-state index in [1.165, 1.54) is 11.1 Å². The predicted octanol–water partition coefficient (Wildman–Crippen LogP) is 3.16. The lowest BCUT2D eigenvalue weighted by Crippen LogP contribution is -2.19. The number of hydrogen-bond donors (Lipinski definition) is 1. The highest BCUT2D eigenvalue weighted by Crippen LogP contribution is 2.33. The average molecular weight is 301 g/mol. The summed E-state index contributed by atoms with van der Waals surface area (Å²) in [6, 6.07) is 14.7. The van der Waals surface area contributed by atoms with Crippen LogP contribution < -0.4 is 5.73 Å². The molecule has 3 rings (SSSR count). The molecule has 0 amide bonds. The molecule has 2 N–H and O–H groups in total. The van der Waals surface area contributed by atoms with Crippen LogP contribution in [0.3, 0.4) is 0 Å². The van der Waals surface area contributed by atoms with E-state index >= 15 is 0 Å². The minimum Gasteiger partial charge on any atom is -0.399 e. The number of anilines is 1. The van der Waals surface area contributed by atoms with Crippen molar-refractivity contribution in [2.75, 3.05) is 11.5 Å². The van der Waals surface area contributed by atoms with Crippen LogP contribution in [-0.2, 0) is 16.3 Å². The molecule has 4 heteroatoms. The second kappa shape index (κ2) is 5.53. The van der Waals surface area contributed by atoms with Gasteiger partial charge in [0.2, 0.25) is 0 Å². The molecule has 0 aliphatic heterocycles. The number of sulfone groups is 1. The summed E-state index contributed by atoms with van der Waals surface area (Å²) < 4.78 is 25.2. The largest absolute Gasteiger partial charge is 0.399 e. The van der Waals surface area contributed by atoms with E-state index in [4.69, 9.17) is 5.73 Å². The van der Waals surface area contributed by atoms with Gasteiger partial charge in [0.05, 0.1) is 10.6 Å². The maximum absolute atomic E-state index is 12.6. The van der Waals surface area contributed by atoms with Crippen molar-refractivity contribution in [1.82, 2.24) is 0 Å². The highest BCUT2D eigenvalue weighted by Gasteiger charge is 2.26. The molecular weight excluding hydrogens is 282 g/mol. The summed E-state index contributed by atoms with van der Waals surface area (Å²) in [6.07, 6.45) is 3.03. The molecule has 1 unspecified atom stereocenters. The van der Waals surface area contributed by atoms with Crippen LogP contribution in [0.1, 0.15) is 29.9 Å². The molecule has 0 fully saturated rings. The zero-order chi connectivity index (χ0) is 14.9. The van der Waals surface area contributed by atoms with Crippen molar-refractivity contribution in [2.45, 2.75) is 30.1 Å². The fourth-order valence-electron chi connectivity index (χ4n) is 3.10. The molecule has 2 aromatic rings. The Labute approximate surface area is 125 Å². The summed E-state index contributed by atoms with van der Waals surface area (Å²) >= 11 is 0. The smallest absolute Gasteiger partial charge is 0.179 e. The summed E-state index contributed by atoms with van der Waals surface area (Å²) in [5, 5.41) is 0. The maximum Gasteiger partial charge on any atom is 0.179 e. The Hall–Kier alpha value is -1.81. The van der Waals surface area contributed by atoms with Gasteiger partial charge in [-0.1, -0.05) is 30.3 Å². The monoisotopic (exact) mass is 301 g/mol. The van der Waals surface area contributed by atoms with E-state index in [1.807, 2.05) is 12.1 Å². The molecule has 0 spiro atoms. The second-order valence-corrected chi connectivity index (χ2v) is 7.68. The van der Waals surface area contributed by atoms with E-state index < -0.39 is 9.84 Å². The molecule has 2 aromatic carbocycles. The van der Waals surface area contributed by atoms with Crippen LogP contribution in [0, 0.1) is 0 Å². The van der Waals surface area contributed by atoms with Gasteiger partial charge in [0.15, 0.2) is 9.84 Å². The average Bonchev–Trinajstić information content (AvgIpc) is 2.47. The third-order valence-electron chi connectivity index (χ3n) is 4.13. The van der Waals surface area contributed by atoms with Crippen molar-refractivity contribution in [1.29, 1.82) is 0 Å². The van der Waals surface area contributed by atoms with Gasteiger partial charge in [0, 0.05) is 5.69 Å². The summed E-state index contributed by atoms with van der Waals surface area (Å²) in [5.41, 5.74) is 8.67. The summed E-state index contributed by atoms with van der Waals surface area (Å²) in [7, 11) is -3.31. The summed E-state index contributed by atoms with van der Waals surface area (Å²) in [6.45, 7) is 0. The highest BCUT2D eigenvalue weighted by atomic mass is 32.2. The molecular formula is C17H19NO2S. The van der Waals surface area contributed by atoms with Crippen molar-refractivity contribution in [2.24, 2.45) is 0 Å². The van der Waals surface area contributed by atoms with E-state index in [0.717, 1.165) is 19.3 Å². The number of hydrogen-bond acceptors (Lipinski definition) is 3. The van der Waals surface area contributed by atoms with Crippen LogP contribution in [-0.4, -0.2) is 14.2 Å². The van der Waals surface area contributed by atoms with Crippen molar-refractivity contribution >= 4 is 15.5 Å². The van der Waals surface area contributed by atoms with Crippen LogP contribution in [0.4, 0.5) is 5.69 Å². The molecule has 0 saturated carbocycles. The Bertz CT molecular complexity index is 753. The molecule has 0 heterocycles. The zero-order valence-corrected chi connectivity index (χ0v) is 12.6. The maximum atomic E-state index is 12.6. The molecule has 0 bridgehead atoms. The van der Waals surface area contributed by atoms with Gasteiger partial charge in [-0.3, -0.25) is 0 Å². The first-order chi connectivity index (χ1) is 10.1. The van der Waals surface area contributed by atoms with Gasteiger partial charge < -0.3 is 5.73 Å². The number of benzene rings is 2. The quantitative estimate of drug-likeness (QED) is 0.886. The minimum absolute atomic E-state index is 0.0846. The van der Waals surface area contributed by atoms with Crippen molar-refractivity contribution in [3.63, 3.8) is 0 Å². The van der Waals surface area contributed by atoms with Crippen LogP contribution in [0.2, 0.25) is 0 Å². The number of fused-ring (bicyclic) bond motifs is 1. The first-order valence-electron chi connectivity index (χ1n) is 7.22. The van der Waals surface area contributed by atoms with Gasteiger partial charge in [-0.25, -0.2) is 8.42 Å². The fraction of sp³-hybridized carbons (Fsp3) is 0.294. The minimum atomic E-state index is -3.31. The molecule has 1 aliphatic carbocycles. The van der Waals surface area contributed by atoms with E-state index in [0.29, 0.717) is 10.6 Å². The van der Waals surface area contributed by atoms with E-state index in [9.17, 15) is 8.42 Å². The number of nitrogen functional groups attached to an aromatic ring is 1. The molecule has 1 atom stereocenters. The van der Waals surface area contributed by atoms with E-state index in [-0.39, 0.29) is 11.7 Å². The predicted molar refractivity (Wildman–Crippen MR) is 85.0 cm³/mol. The van der Waals surface area contributed by atoms with Crippen molar-refractivity contribution in [3.8, 4) is 0 Å². The van der Waals surface area contributed by atoms with Crippen molar-refractivity contribution < 1.29 is 8.42 Å². The highest BCUT2D eigenvalue weighted by molar-refractivity contribution is 7.91. The van der Waals surface area contributed by atoms with Gasteiger partial charge >= 0.3 is 0 Å². The van der Waals surface area contributed by atoms with Crippen molar-refractivity contribution in [3.05, 3.63) is 59.7 Å². The molecule has 0 aromatic heterocycles. The van der Waals surface area contributed by atoms with Crippen LogP contribution in [0.5, 0.6) is 0 Å². The topological polar surface area (TPSA) is 60.2 Å². The molecule has 0 radical (unpaired) electrons. The number of aryl methyl sites for hydroxylation is 1. The zero-order valence-electron chi connectivity index (χ0n) is 11.8. The summed E-state index contributed by atoms with van der Waals surface area (Å²) in [5.74, 6) is 0.245. The lowest BCUT2D eigenvalue weighted by atomic mass is 9.84. The van der Waals surface area contributed by atoms with Gasteiger partial charge in [-0.15, -0.1) is 0 Å². The standard InChI is InChI=1S/C17H19NO2S/c18-15-8-4-9-16(11-15)21(19,20)12-14-7-3-6-13-5-1-2-10-17(13)14/h1-2,4-5,8-11,14H,3,6-7,12,18H2. The van der Waals surface area contributed by atoms with Crippen LogP contribution >= 0.6 is 0 Å². The number of nitrogens with two attached hydrogens (primary N) is 1. The van der Waals surface area contributed by atoms with Gasteiger partial charge in [-0.05, 0) is 54.5 Å². The van der Waals surface area contributed by atoms with Gasteiger partial charge in [0.25, 0.3) is 0 Å². The lowest BCUT2D eigenvalue weighted by Gasteiger charge is -2.25. The van der Waals surface area contributed by atoms with Gasteiger partial charge in [-0.2, -0.15) is 0 Å². The normalized spacial score (nSPS) is 18.2. The molecule has 110 valence electrons. The Balaban J connectivity index is 1.90. The second-order valence-electron chi connectivity index (χ2n) is 5.64. The van der Waals surface area contributed by atoms with E-state index in [2.05, 4.69) is 12.1 Å². The third-order valence-corrected chi connectivity index (χ3v) is 5.94. The SMILES string of the molecule is Nc1cccc(S(=O)(=O)CC2CCCc3ccccc32)c1. The lowest BCUT2D eigenvalue weighted by molar-refractivity contribution is 0.558. The van der Waals surface area contributed by atoms with Gasteiger partial charge in [0.1, 0.15) is 0 Å². The fourth-order valence-corrected chi connectivity index (χ4v) is 4.77. The number of rotatable bonds is 3. The Kier molecular flexibility index (Phi) is 3.72. The molecule has 21 heavy (non-hydrogen) atoms. The Morgan fingerprint density at radius 1 is 1.10 bits per heavy atom. The first-order valence-corrected chi connectivity index (χ1v) is 8.87. The van der Waals surface area contributed by atoms with Crippen LogP contribution in [0.15, 0.2) is 53.4 Å². The first kappa shape index (κ1) is 14.1. The molecule has 0 saturated heterocycles. The Morgan fingerprint density at radius 3 is 2.71 bits per heavy atom. The Morgan fingerprint density at radius 2 is 1.90 bits per heavy atom. The summed E-state index contributed by atoms with van der Waals surface area (Å²) in [4.78, 5) is 0.325. The molecule has 3 nitrogen and oxygen atoms in total. The third kappa shape index (κ3) is 2.95. The van der Waals surface area contributed by atoms with Crippen LogP contribution in [0.25, 0.3) is 0 Å². The molecule has 1 aliphatic rings.